The third kappa shape index (κ3) is 2.99. The average molecular weight is 372 g/mol. The summed E-state index contributed by atoms with van der Waals surface area (Å²) in [4.78, 5) is 24.2. The first-order valence-corrected chi connectivity index (χ1v) is 8.84. The van der Waals surface area contributed by atoms with Crippen molar-refractivity contribution in [3.63, 3.8) is 0 Å². The first-order chi connectivity index (χ1) is 12.9. The second-order valence-corrected chi connectivity index (χ2v) is 7.09. The minimum atomic E-state index is -0.956. The molecule has 144 valence electrons. The first-order valence-electron chi connectivity index (χ1n) is 8.84. The number of benzene rings is 2. The van der Waals surface area contributed by atoms with Crippen molar-refractivity contribution in [2.45, 2.75) is 32.1 Å². The summed E-state index contributed by atoms with van der Waals surface area (Å²) in [5.41, 5.74) is 0.905. The number of hydrogen-bond donors (Lipinski definition) is 1. The van der Waals surface area contributed by atoms with Gasteiger partial charge in [-0.2, -0.15) is 0 Å². The van der Waals surface area contributed by atoms with Crippen LogP contribution in [0.25, 0.3) is 10.8 Å². The number of rotatable bonds is 5. The number of methoxy groups -OCH3 is 3. The standard InChI is InChI=1S/C21H24O6/c1-21(20(24)27-4)9-8-12-14(15(21)11-18(22)23)10-17(26-3)13-6-5-7-16(25-2)19(12)13/h5-7,10,15H,8-9,11H2,1-4H3,(H,22,23)/t15-,21+/m0/s1. The summed E-state index contributed by atoms with van der Waals surface area (Å²) in [5.74, 6) is -0.527. The molecule has 6 heteroatoms. The van der Waals surface area contributed by atoms with Crippen LogP contribution in [0.4, 0.5) is 0 Å². The smallest absolute Gasteiger partial charge is 0.312 e. The van der Waals surface area contributed by atoms with Crippen molar-refractivity contribution in [1.29, 1.82) is 0 Å². The van der Waals surface area contributed by atoms with E-state index in [1.807, 2.05) is 24.3 Å². The van der Waals surface area contributed by atoms with E-state index in [9.17, 15) is 14.7 Å². The fourth-order valence-electron chi connectivity index (χ4n) is 4.31. The maximum atomic E-state index is 12.6. The zero-order valence-electron chi connectivity index (χ0n) is 16.0. The van der Waals surface area contributed by atoms with Gasteiger partial charge in [-0.15, -0.1) is 0 Å². The first kappa shape index (κ1) is 19.0. The number of esters is 1. The maximum Gasteiger partial charge on any atom is 0.312 e. The van der Waals surface area contributed by atoms with Crippen LogP contribution in [0, 0.1) is 5.41 Å². The number of carboxylic acid groups (broad SMARTS) is 1. The van der Waals surface area contributed by atoms with E-state index >= 15 is 0 Å². The number of carbonyl (C=O) groups is 2. The molecule has 0 aliphatic heterocycles. The van der Waals surface area contributed by atoms with Crippen molar-refractivity contribution in [1.82, 2.24) is 0 Å². The van der Waals surface area contributed by atoms with Crippen molar-refractivity contribution >= 4 is 22.7 Å². The summed E-state index contributed by atoms with van der Waals surface area (Å²) in [7, 11) is 4.52. The van der Waals surface area contributed by atoms with E-state index in [4.69, 9.17) is 14.2 Å². The van der Waals surface area contributed by atoms with Crippen LogP contribution < -0.4 is 9.47 Å². The van der Waals surface area contributed by atoms with Gasteiger partial charge in [0.15, 0.2) is 0 Å². The van der Waals surface area contributed by atoms with Crippen LogP contribution in [0.2, 0.25) is 0 Å². The number of carboxylic acids is 1. The number of ether oxygens (including phenoxy) is 3. The van der Waals surface area contributed by atoms with Crippen molar-refractivity contribution in [3.05, 3.63) is 35.4 Å². The van der Waals surface area contributed by atoms with Crippen molar-refractivity contribution < 1.29 is 28.9 Å². The molecular formula is C21H24O6. The highest BCUT2D eigenvalue weighted by Gasteiger charge is 2.47. The van der Waals surface area contributed by atoms with Gasteiger partial charge in [0.2, 0.25) is 0 Å². The molecular weight excluding hydrogens is 348 g/mol. The highest BCUT2D eigenvalue weighted by atomic mass is 16.5. The van der Waals surface area contributed by atoms with Gasteiger partial charge in [0.1, 0.15) is 11.5 Å². The highest BCUT2D eigenvalue weighted by molar-refractivity contribution is 5.97. The van der Waals surface area contributed by atoms with Crippen molar-refractivity contribution in [2.24, 2.45) is 5.41 Å². The molecule has 3 rings (SSSR count). The largest absolute Gasteiger partial charge is 0.496 e. The minimum Gasteiger partial charge on any atom is -0.496 e. The van der Waals surface area contributed by atoms with Crippen LogP contribution in [0.15, 0.2) is 24.3 Å². The Morgan fingerprint density at radius 3 is 2.48 bits per heavy atom. The number of aryl methyl sites for hydroxylation is 1. The molecule has 27 heavy (non-hydrogen) atoms. The van der Waals surface area contributed by atoms with Crippen LogP contribution in [-0.4, -0.2) is 38.4 Å². The van der Waals surface area contributed by atoms with E-state index in [1.165, 1.54) is 7.11 Å². The van der Waals surface area contributed by atoms with Crippen molar-refractivity contribution in [2.75, 3.05) is 21.3 Å². The molecule has 2 aromatic carbocycles. The second-order valence-electron chi connectivity index (χ2n) is 7.09. The molecule has 0 heterocycles. The van der Waals surface area contributed by atoms with Gasteiger partial charge >= 0.3 is 11.9 Å². The lowest BCUT2D eigenvalue weighted by molar-refractivity contribution is -0.155. The Balaban J connectivity index is 2.34. The highest BCUT2D eigenvalue weighted by Crippen LogP contribution is 2.52. The Morgan fingerprint density at radius 2 is 1.89 bits per heavy atom. The second kappa shape index (κ2) is 7.10. The number of aliphatic carboxylic acids is 1. The predicted octanol–water partition coefficient (Wildman–Crippen LogP) is 3.54. The molecule has 1 aliphatic carbocycles. The molecule has 2 aromatic rings. The van der Waals surface area contributed by atoms with Gasteiger partial charge in [-0.3, -0.25) is 9.59 Å². The summed E-state index contributed by atoms with van der Waals surface area (Å²) in [6.45, 7) is 1.79. The van der Waals surface area contributed by atoms with Crippen LogP contribution in [0.3, 0.4) is 0 Å². The molecule has 0 radical (unpaired) electrons. The molecule has 0 aromatic heterocycles. The number of fused-ring (bicyclic) bond motifs is 3. The van der Waals surface area contributed by atoms with E-state index in [0.717, 1.165) is 21.9 Å². The third-order valence-electron chi connectivity index (χ3n) is 5.74. The number of carbonyl (C=O) groups excluding carboxylic acids is 1. The lowest BCUT2D eigenvalue weighted by atomic mass is 9.63. The van der Waals surface area contributed by atoms with Gasteiger partial charge in [-0.25, -0.2) is 0 Å². The molecule has 6 nitrogen and oxygen atoms in total. The number of hydrogen-bond acceptors (Lipinski definition) is 5. The van der Waals surface area contributed by atoms with Crippen LogP contribution >= 0.6 is 0 Å². The van der Waals surface area contributed by atoms with Gasteiger partial charge < -0.3 is 19.3 Å². The molecule has 0 bridgehead atoms. The molecule has 0 spiro atoms. The van der Waals surface area contributed by atoms with E-state index < -0.39 is 23.3 Å². The lowest BCUT2D eigenvalue weighted by Crippen LogP contribution is -2.40. The molecule has 0 fully saturated rings. The molecule has 1 aliphatic rings. The topological polar surface area (TPSA) is 82.1 Å². The molecule has 0 saturated heterocycles. The lowest BCUT2D eigenvalue weighted by Gasteiger charge is -2.40. The molecule has 0 amide bonds. The monoisotopic (exact) mass is 372 g/mol. The van der Waals surface area contributed by atoms with Gasteiger partial charge in [0.25, 0.3) is 0 Å². The Bertz CT molecular complexity index is 903. The van der Waals surface area contributed by atoms with E-state index in [0.29, 0.717) is 24.3 Å². The Kier molecular flexibility index (Phi) is 5.00. The van der Waals surface area contributed by atoms with Crippen molar-refractivity contribution in [3.8, 4) is 11.5 Å². The molecule has 0 unspecified atom stereocenters. The fraction of sp³-hybridized carbons (Fsp3) is 0.429. The SMILES string of the molecule is COC(=O)[C@]1(C)CCc2c(cc(OC)c3cccc(OC)c23)[C@@H]1CC(=O)O. The molecule has 0 saturated carbocycles. The zero-order valence-corrected chi connectivity index (χ0v) is 16.0. The Morgan fingerprint density at radius 1 is 1.19 bits per heavy atom. The average Bonchev–Trinajstić information content (AvgIpc) is 2.67. The zero-order chi connectivity index (χ0) is 19.8. The van der Waals surface area contributed by atoms with Gasteiger partial charge in [-0.05, 0) is 43.0 Å². The van der Waals surface area contributed by atoms with Gasteiger partial charge in [0.05, 0.1) is 33.2 Å². The van der Waals surface area contributed by atoms with Gasteiger partial charge in [-0.1, -0.05) is 12.1 Å². The van der Waals surface area contributed by atoms with Crippen LogP contribution in [0.1, 0.15) is 36.8 Å². The van der Waals surface area contributed by atoms with E-state index in [-0.39, 0.29) is 6.42 Å². The Hall–Kier alpha value is -2.76. The summed E-state index contributed by atoms with van der Waals surface area (Å²) < 4.78 is 16.2. The Labute approximate surface area is 158 Å². The summed E-state index contributed by atoms with van der Waals surface area (Å²) >= 11 is 0. The summed E-state index contributed by atoms with van der Waals surface area (Å²) in [6.07, 6.45) is 0.963. The maximum absolute atomic E-state index is 12.6. The third-order valence-corrected chi connectivity index (χ3v) is 5.74. The van der Waals surface area contributed by atoms with Crippen LogP contribution in [0.5, 0.6) is 11.5 Å². The normalized spacial score (nSPS) is 21.4. The van der Waals surface area contributed by atoms with E-state index in [2.05, 4.69) is 0 Å². The quantitative estimate of drug-likeness (QED) is 0.809. The molecule has 1 N–H and O–H groups in total. The summed E-state index contributed by atoms with van der Waals surface area (Å²) in [5, 5.41) is 11.3. The van der Waals surface area contributed by atoms with Gasteiger partial charge in [0, 0.05) is 16.7 Å². The predicted molar refractivity (Wildman–Crippen MR) is 100 cm³/mol. The summed E-state index contributed by atoms with van der Waals surface area (Å²) in [6, 6.07) is 7.59. The molecule has 2 atom stereocenters. The fourth-order valence-corrected chi connectivity index (χ4v) is 4.31. The minimum absolute atomic E-state index is 0.164. The van der Waals surface area contributed by atoms with Crippen LogP contribution in [-0.2, 0) is 20.7 Å². The van der Waals surface area contributed by atoms with E-state index in [1.54, 1.807) is 21.1 Å².